The highest BCUT2D eigenvalue weighted by Crippen LogP contribution is 2.22. The number of halogens is 1. The molecular weight excluding hydrogens is 320 g/mol. The van der Waals surface area contributed by atoms with Crippen molar-refractivity contribution in [2.75, 3.05) is 0 Å². The summed E-state index contributed by atoms with van der Waals surface area (Å²) in [6, 6.07) is 16.5. The van der Waals surface area contributed by atoms with Gasteiger partial charge in [0.25, 0.3) is 0 Å². The van der Waals surface area contributed by atoms with Crippen molar-refractivity contribution < 1.29 is 9.15 Å². The molecule has 0 saturated heterocycles. The molecule has 0 fully saturated rings. The molecule has 1 heterocycles. The van der Waals surface area contributed by atoms with E-state index >= 15 is 0 Å². The molecule has 3 nitrogen and oxygen atoms in total. The predicted molar refractivity (Wildman–Crippen MR) is 81.0 cm³/mol. The zero-order valence-electron chi connectivity index (χ0n) is 10.5. The Labute approximate surface area is 123 Å². The van der Waals surface area contributed by atoms with Crippen molar-refractivity contribution in [2.24, 2.45) is 0 Å². The molecule has 0 aliphatic rings. The fraction of sp³-hybridized carbons (Fsp3) is 0.0625. The van der Waals surface area contributed by atoms with Gasteiger partial charge in [-0.05, 0) is 24.3 Å². The van der Waals surface area contributed by atoms with Crippen molar-refractivity contribution in [3.63, 3.8) is 0 Å². The molecule has 1 aromatic heterocycles. The maximum atomic E-state index is 11.2. The van der Waals surface area contributed by atoms with Crippen LogP contribution in [0.4, 0.5) is 0 Å². The second kappa shape index (κ2) is 5.51. The number of rotatable bonds is 3. The molecule has 0 N–H and O–H groups in total. The normalized spacial score (nSPS) is 10.7. The molecule has 0 aliphatic heterocycles. The Hall–Kier alpha value is -2.07. The monoisotopic (exact) mass is 330 g/mol. The first-order valence-corrected chi connectivity index (χ1v) is 6.92. The Morgan fingerprint density at radius 3 is 2.70 bits per heavy atom. The molecule has 20 heavy (non-hydrogen) atoms. The van der Waals surface area contributed by atoms with E-state index in [1.54, 1.807) is 12.1 Å². The Balaban J connectivity index is 1.84. The molecule has 0 radical (unpaired) electrons. The van der Waals surface area contributed by atoms with Crippen molar-refractivity contribution in [1.82, 2.24) is 0 Å². The van der Waals surface area contributed by atoms with Gasteiger partial charge in [-0.2, -0.15) is 0 Å². The molecule has 0 spiro atoms. The molecule has 3 rings (SSSR count). The third-order valence-electron chi connectivity index (χ3n) is 2.95. The first-order chi connectivity index (χ1) is 9.72. The van der Waals surface area contributed by atoms with Crippen LogP contribution in [0.3, 0.4) is 0 Å². The van der Waals surface area contributed by atoms with Crippen LogP contribution in [0.2, 0.25) is 0 Å². The topological polar surface area (TPSA) is 39.4 Å². The van der Waals surface area contributed by atoms with Gasteiger partial charge in [-0.3, -0.25) is 0 Å². The SMILES string of the molecule is O=c1ccc2ccc(OCc3ccccc3Br)cc2o1. The van der Waals surface area contributed by atoms with Gasteiger partial charge >= 0.3 is 5.63 Å². The highest BCUT2D eigenvalue weighted by molar-refractivity contribution is 9.10. The molecule has 2 aromatic carbocycles. The van der Waals surface area contributed by atoms with Crippen LogP contribution in [0.5, 0.6) is 5.75 Å². The van der Waals surface area contributed by atoms with Gasteiger partial charge in [-0.25, -0.2) is 4.79 Å². The molecule has 0 bridgehead atoms. The average molecular weight is 331 g/mol. The van der Waals surface area contributed by atoms with Gasteiger partial charge in [0.1, 0.15) is 17.9 Å². The van der Waals surface area contributed by atoms with Crippen LogP contribution in [-0.4, -0.2) is 0 Å². The fourth-order valence-electron chi connectivity index (χ4n) is 1.91. The fourth-order valence-corrected chi connectivity index (χ4v) is 2.31. The smallest absolute Gasteiger partial charge is 0.336 e. The molecule has 4 heteroatoms. The maximum Gasteiger partial charge on any atom is 0.336 e. The van der Waals surface area contributed by atoms with E-state index in [1.807, 2.05) is 36.4 Å². The maximum absolute atomic E-state index is 11.2. The van der Waals surface area contributed by atoms with E-state index in [-0.39, 0.29) is 5.63 Å². The summed E-state index contributed by atoms with van der Waals surface area (Å²) in [5, 5.41) is 0.873. The number of hydrogen-bond acceptors (Lipinski definition) is 3. The van der Waals surface area contributed by atoms with Crippen molar-refractivity contribution in [3.05, 3.63) is 75.1 Å². The Morgan fingerprint density at radius 2 is 1.85 bits per heavy atom. The second-order valence-electron chi connectivity index (χ2n) is 4.33. The zero-order chi connectivity index (χ0) is 13.9. The van der Waals surface area contributed by atoms with Crippen LogP contribution in [0.25, 0.3) is 11.0 Å². The Bertz CT molecular complexity index is 808. The average Bonchev–Trinajstić information content (AvgIpc) is 2.46. The van der Waals surface area contributed by atoms with Crippen LogP contribution in [0.15, 0.2) is 68.3 Å². The molecule has 0 amide bonds. The van der Waals surface area contributed by atoms with Crippen LogP contribution in [-0.2, 0) is 6.61 Å². The molecule has 0 atom stereocenters. The summed E-state index contributed by atoms with van der Waals surface area (Å²) in [6.07, 6.45) is 0. The van der Waals surface area contributed by atoms with Crippen LogP contribution < -0.4 is 10.4 Å². The molecule has 100 valence electrons. The van der Waals surface area contributed by atoms with Crippen molar-refractivity contribution >= 4 is 26.9 Å². The van der Waals surface area contributed by atoms with E-state index < -0.39 is 0 Å². The summed E-state index contributed by atoms with van der Waals surface area (Å²) >= 11 is 3.48. The van der Waals surface area contributed by atoms with Crippen molar-refractivity contribution in [1.29, 1.82) is 0 Å². The Kier molecular flexibility index (Phi) is 3.56. The number of hydrogen-bond donors (Lipinski definition) is 0. The first kappa shape index (κ1) is 12.9. The van der Waals surface area contributed by atoms with Crippen molar-refractivity contribution in [2.45, 2.75) is 6.61 Å². The van der Waals surface area contributed by atoms with E-state index in [0.29, 0.717) is 17.9 Å². The minimum absolute atomic E-state index is 0.361. The molecular formula is C16H11BrO3. The lowest BCUT2D eigenvalue weighted by Crippen LogP contribution is -1.97. The van der Waals surface area contributed by atoms with E-state index in [9.17, 15) is 4.79 Å². The molecule has 0 unspecified atom stereocenters. The summed E-state index contributed by atoms with van der Waals surface area (Å²) < 4.78 is 11.9. The van der Waals surface area contributed by atoms with Gasteiger partial charge in [-0.15, -0.1) is 0 Å². The van der Waals surface area contributed by atoms with Crippen LogP contribution >= 0.6 is 15.9 Å². The lowest BCUT2D eigenvalue weighted by atomic mass is 10.2. The van der Waals surface area contributed by atoms with Gasteiger partial charge in [-0.1, -0.05) is 34.1 Å². The zero-order valence-corrected chi connectivity index (χ0v) is 12.1. The minimum Gasteiger partial charge on any atom is -0.489 e. The summed E-state index contributed by atoms with van der Waals surface area (Å²) in [4.78, 5) is 11.2. The van der Waals surface area contributed by atoms with Crippen molar-refractivity contribution in [3.8, 4) is 5.75 Å². The van der Waals surface area contributed by atoms with E-state index in [0.717, 1.165) is 15.4 Å². The van der Waals surface area contributed by atoms with Gasteiger partial charge in [0.05, 0.1) is 0 Å². The van der Waals surface area contributed by atoms with Crippen LogP contribution in [0.1, 0.15) is 5.56 Å². The third-order valence-corrected chi connectivity index (χ3v) is 3.72. The minimum atomic E-state index is -0.361. The van der Waals surface area contributed by atoms with E-state index in [1.165, 1.54) is 6.07 Å². The van der Waals surface area contributed by atoms with Gasteiger partial charge in [0.2, 0.25) is 0 Å². The summed E-state index contributed by atoms with van der Waals surface area (Å²) in [6.45, 7) is 0.448. The summed E-state index contributed by atoms with van der Waals surface area (Å²) in [5.41, 5.74) is 1.23. The number of fused-ring (bicyclic) bond motifs is 1. The quantitative estimate of drug-likeness (QED) is 0.677. The van der Waals surface area contributed by atoms with E-state index in [2.05, 4.69) is 15.9 Å². The second-order valence-corrected chi connectivity index (χ2v) is 5.19. The molecule has 0 saturated carbocycles. The first-order valence-electron chi connectivity index (χ1n) is 6.12. The van der Waals surface area contributed by atoms with Crippen LogP contribution in [0, 0.1) is 0 Å². The summed E-state index contributed by atoms with van der Waals surface area (Å²) in [7, 11) is 0. The highest BCUT2D eigenvalue weighted by Gasteiger charge is 2.03. The van der Waals surface area contributed by atoms with Gasteiger partial charge < -0.3 is 9.15 Å². The number of ether oxygens (including phenoxy) is 1. The predicted octanol–water partition coefficient (Wildman–Crippen LogP) is 4.13. The lowest BCUT2D eigenvalue weighted by molar-refractivity contribution is 0.305. The van der Waals surface area contributed by atoms with Gasteiger partial charge in [0, 0.05) is 27.6 Å². The third kappa shape index (κ3) is 2.75. The Morgan fingerprint density at radius 1 is 1.05 bits per heavy atom. The highest BCUT2D eigenvalue weighted by atomic mass is 79.9. The van der Waals surface area contributed by atoms with Gasteiger partial charge in [0.15, 0.2) is 0 Å². The standard InChI is InChI=1S/C16H11BrO3/c17-14-4-2-1-3-12(14)10-19-13-7-5-11-6-8-16(18)20-15(11)9-13/h1-9H,10H2. The largest absolute Gasteiger partial charge is 0.489 e. The molecule has 0 aliphatic carbocycles. The lowest BCUT2D eigenvalue weighted by Gasteiger charge is -2.08. The summed E-state index contributed by atoms with van der Waals surface area (Å²) in [5.74, 6) is 0.669. The molecule has 3 aromatic rings. The number of benzene rings is 2. The van der Waals surface area contributed by atoms with E-state index in [4.69, 9.17) is 9.15 Å².